The van der Waals surface area contributed by atoms with E-state index < -0.39 is 0 Å². The van der Waals surface area contributed by atoms with Gasteiger partial charge < -0.3 is 15.8 Å². The molecule has 18 heavy (non-hydrogen) atoms. The molecule has 0 saturated carbocycles. The first kappa shape index (κ1) is 14.7. The molecular weight excluding hydrogens is 224 g/mol. The van der Waals surface area contributed by atoms with Gasteiger partial charge >= 0.3 is 0 Å². The molecule has 0 aliphatic heterocycles. The number of nitrogen functional groups attached to an aromatic ring is 1. The fourth-order valence-corrected chi connectivity index (χ4v) is 2.06. The lowest BCUT2D eigenvalue weighted by Gasteiger charge is -2.20. The molecule has 1 aromatic carbocycles. The van der Waals surface area contributed by atoms with Crippen molar-refractivity contribution in [1.82, 2.24) is 0 Å². The molecule has 0 saturated heterocycles. The van der Waals surface area contributed by atoms with Crippen LogP contribution in [-0.2, 0) is 0 Å². The monoisotopic (exact) mass is 250 g/mol. The summed E-state index contributed by atoms with van der Waals surface area (Å²) in [4.78, 5) is 0. The molecule has 3 N–H and O–H groups in total. The Balaban J connectivity index is 2.77. The molecule has 0 amide bonds. The second kappa shape index (κ2) is 6.53. The van der Waals surface area contributed by atoms with Gasteiger partial charge in [-0.15, -0.1) is 0 Å². The van der Waals surface area contributed by atoms with Gasteiger partial charge in [-0.2, -0.15) is 0 Å². The van der Waals surface area contributed by atoms with E-state index in [1.54, 1.807) is 0 Å². The van der Waals surface area contributed by atoms with Crippen LogP contribution in [0, 0.1) is 5.92 Å². The lowest BCUT2D eigenvalue weighted by atomic mass is 10.0. The molecule has 102 valence electrons. The lowest BCUT2D eigenvalue weighted by molar-refractivity contribution is 0.244. The molecule has 0 bridgehead atoms. The molecule has 0 fully saturated rings. The Morgan fingerprint density at radius 1 is 1.17 bits per heavy atom. The van der Waals surface area contributed by atoms with Crippen LogP contribution in [0.1, 0.15) is 41.0 Å². The maximum atomic E-state index is 6.12. The van der Waals surface area contributed by atoms with Gasteiger partial charge in [-0.1, -0.05) is 19.9 Å². The molecule has 3 nitrogen and oxygen atoms in total. The van der Waals surface area contributed by atoms with Gasteiger partial charge in [0.05, 0.1) is 17.5 Å². The average molecular weight is 250 g/mol. The maximum Gasteiger partial charge on any atom is 0.144 e. The Morgan fingerprint density at radius 2 is 1.83 bits per heavy atom. The van der Waals surface area contributed by atoms with Gasteiger partial charge in [0.15, 0.2) is 0 Å². The van der Waals surface area contributed by atoms with E-state index in [9.17, 15) is 0 Å². The molecule has 1 unspecified atom stereocenters. The summed E-state index contributed by atoms with van der Waals surface area (Å²) >= 11 is 0. The quantitative estimate of drug-likeness (QED) is 0.753. The zero-order valence-electron chi connectivity index (χ0n) is 12.2. The Bertz CT molecular complexity index is 375. The molecule has 0 aromatic heterocycles. The third-order valence-corrected chi connectivity index (χ3v) is 2.66. The number of nitrogens with one attached hydrogen (secondary N) is 1. The summed E-state index contributed by atoms with van der Waals surface area (Å²) in [7, 11) is 0. The minimum Gasteiger partial charge on any atom is -0.489 e. The normalized spacial score (nSPS) is 12.8. The third-order valence-electron chi connectivity index (χ3n) is 2.66. The van der Waals surface area contributed by atoms with E-state index in [2.05, 4.69) is 26.1 Å². The summed E-state index contributed by atoms with van der Waals surface area (Å²) < 4.78 is 5.68. The van der Waals surface area contributed by atoms with E-state index in [-0.39, 0.29) is 6.10 Å². The van der Waals surface area contributed by atoms with Crippen molar-refractivity contribution in [2.75, 3.05) is 11.1 Å². The van der Waals surface area contributed by atoms with E-state index in [1.165, 1.54) is 0 Å². The van der Waals surface area contributed by atoms with Gasteiger partial charge in [-0.05, 0) is 45.2 Å². The number of nitrogens with two attached hydrogens (primary N) is 1. The van der Waals surface area contributed by atoms with Crippen LogP contribution in [0.15, 0.2) is 18.2 Å². The van der Waals surface area contributed by atoms with Crippen LogP contribution >= 0.6 is 0 Å². The summed E-state index contributed by atoms with van der Waals surface area (Å²) in [6.45, 7) is 10.6. The fourth-order valence-electron chi connectivity index (χ4n) is 2.06. The first-order valence-corrected chi connectivity index (χ1v) is 6.71. The smallest absolute Gasteiger partial charge is 0.144 e. The van der Waals surface area contributed by atoms with E-state index >= 15 is 0 Å². The average Bonchev–Trinajstić information content (AvgIpc) is 2.22. The number of para-hydroxylation sites is 1. The fraction of sp³-hybridized carbons (Fsp3) is 0.600. The van der Waals surface area contributed by atoms with Crippen molar-refractivity contribution >= 4 is 11.4 Å². The van der Waals surface area contributed by atoms with E-state index in [1.807, 2.05) is 32.0 Å². The Morgan fingerprint density at radius 3 is 2.39 bits per heavy atom. The lowest BCUT2D eigenvalue weighted by Crippen LogP contribution is -2.18. The summed E-state index contributed by atoms with van der Waals surface area (Å²) in [5.74, 6) is 1.43. The number of ether oxygens (including phenoxy) is 1. The van der Waals surface area contributed by atoms with Crippen LogP contribution in [0.4, 0.5) is 11.4 Å². The van der Waals surface area contributed by atoms with Crippen molar-refractivity contribution in [2.45, 2.75) is 53.2 Å². The van der Waals surface area contributed by atoms with E-state index in [0.29, 0.717) is 17.6 Å². The van der Waals surface area contributed by atoms with E-state index in [0.717, 1.165) is 17.9 Å². The Kier molecular flexibility index (Phi) is 5.32. The van der Waals surface area contributed by atoms with Crippen molar-refractivity contribution in [2.24, 2.45) is 5.92 Å². The van der Waals surface area contributed by atoms with Crippen molar-refractivity contribution in [3.05, 3.63) is 18.2 Å². The highest BCUT2D eigenvalue weighted by Gasteiger charge is 2.10. The highest BCUT2D eigenvalue weighted by molar-refractivity contribution is 5.73. The second-order valence-corrected chi connectivity index (χ2v) is 5.56. The minimum atomic E-state index is 0.135. The SMILES string of the molecule is CC(C)CC(C)Nc1cccc(OC(C)C)c1N. The summed E-state index contributed by atoms with van der Waals surface area (Å²) in [5.41, 5.74) is 7.78. The Labute approximate surface area is 111 Å². The molecule has 0 radical (unpaired) electrons. The molecule has 0 heterocycles. The molecule has 3 heteroatoms. The number of anilines is 2. The predicted molar refractivity (Wildman–Crippen MR) is 79.2 cm³/mol. The van der Waals surface area contributed by atoms with Crippen LogP contribution < -0.4 is 15.8 Å². The van der Waals surface area contributed by atoms with Crippen LogP contribution in [0.5, 0.6) is 5.75 Å². The van der Waals surface area contributed by atoms with E-state index in [4.69, 9.17) is 10.5 Å². The maximum absolute atomic E-state index is 6.12. The molecular formula is C15H26N2O. The molecule has 1 rings (SSSR count). The van der Waals surface area contributed by atoms with Crippen LogP contribution in [0.2, 0.25) is 0 Å². The predicted octanol–water partition coefficient (Wildman–Crippen LogP) is 3.90. The molecule has 0 aliphatic carbocycles. The zero-order chi connectivity index (χ0) is 13.7. The number of hydrogen-bond acceptors (Lipinski definition) is 3. The van der Waals surface area contributed by atoms with Gasteiger partial charge in [0, 0.05) is 6.04 Å². The number of benzene rings is 1. The van der Waals surface area contributed by atoms with Crippen LogP contribution in [0.25, 0.3) is 0 Å². The summed E-state index contributed by atoms with van der Waals surface area (Å²) in [6, 6.07) is 6.28. The molecule has 0 spiro atoms. The van der Waals surface area contributed by atoms with Gasteiger partial charge in [0.1, 0.15) is 5.75 Å². The summed E-state index contributed by atoms with van der Waals surface area (Å²) in [6.07, 6.45) is 1.25. The zero-order valence-corrected chi connectivity index (χ0v) is 12.2. The highest BCUT2D eigenvalue weighted by atomic mass is 16.5. The van der Waals surface area contributed by atoms with Crippen molar-refractivity contribution in [1.29, 1.82) is 0 Å². The first-order valence-electron chi connectivity index (χ1n) is 6.71. The van der Waals surface area contributed by atoms with Crippen molar-refractivity contribution in [3.8, 4) is 5.75 Å². The standard InChI is InChI=1S/C15H26N2O/c1-10(2)9-12(5)17-13-7-6-8-14(15(13)16)18-11(3)4/h6-8,10-12,17H,9,16H2,1-5H3. The van der Waals surface area contributed by atoms with Gasteiger partial charge in [-0.25, -0.2) is 0 Å². The molecule has 1 atom stereocenters. The largest absolute Gasteiger partial charge is 0.489 e. The second-order valence-electron chi connectivity index (χ2n) is 5.56. The molecule has 0 aliphatic rings. The van der Waals surface area contributed by atoms with Crippen molar-refractivity contribution < 1.29 is 4.74 Å². The van der Waals surface area contributed by atoms with Crippen LogP contribution in [-0.4, -0.2) is 12.1 Å². The van der Waals surface area contributed by atoms with Gasteiger partial charge in [-0.3, -0.25) is 0 Å². The first-order chi connectivity index (χ1) is 8.40. The number of rotatable bonds is 6. The minimum absolute atomic E-state index is 0.135. The molecule has 1 aromatic rings. The third kappa shape index (κ3) is 4.47. The topological polar surface area (TPSA) is 47.3 Å². The Hall–Kier alpha value is -1.38. The number of hydrogen-bond donors (Lipinski definition) is 2. The van der Waals surface area contributed by atoms with Gasteiger partial charge in [0.25, 0.3) is 0 Å². The summed E-state index contributed by atoms with van der Waals surface area (Å²) in [5, 5.41) is 3.45. The van der Waals surface area contributed by atoms with Crippen molar-refractivity contribution in [3.63, 3.8) is 0 Å². The van der Waals surface area contributed by atoms with Gasteiger partial charge in [0.2, 0.25) is 0 Å². The highest BCUT2D eigenvalue weighted by Crippen LogP contribution is 2.30. The van der Waals surface area contributed by atoms with Crippen LogP contribution in [0.3, 0.4) is 0 Å².